The fourth-order valence-electron chi connectivity index (χ4n) is 2.68. The first kappa shape index (κ1) is 15.2. The molecule has 1 aliphatic rings. The molecule has 0 N–H and O–H groups in total. The molecule has 1 aliphatic carbocycles. The van der Waals surface area contributed by atoms with Crippen LogP contribution in [0.4, 0.5) is 10.1 Å². The maximum Gasteiger partial charge on any atom is 0.326 e. The first-order valence-corrected chi connectivity index (χ1v) is 7.26. The van der Waals surface area contributed by atoms with Crippen LogP contribution >= 0.6 is 0 Å². The van der Waals surface area contributed by atoms with Crippen LogP contribution < -0.4 is 0 Å². The molecular formula is C19H16FNO2. The van der Waals surface area contributed by atoms with E-state index in [9.17, 15) is 9.18 Å². The van der Waals surface area contributed by atoms with Gasteiger partial charge in [-0.3, -0.25) is 9.79 Å². The van der Waals surface area contributed by atoms with Gasteiger partial charge in [-0.25, -0.2) is 4.39 Å². The Kier molecular flexibility index (Phi) is 3.82. The lowest BCUT2D eigenvalue weighted by Crippen LogP contribution is -2.28. The fourth-order valence-corrected chi connectivity index (χ4v) is 2.68. The Bertz CT molecular complexity index is 794. The normalized spacial score (nSPS) is 20.0. The molecule has 116 valence electrons. The molecule has 0 saturated carbocycles. The third-order valence-electron chi connectivity index (χ3n) is 3.99. The largest absolute Gasteiger partial charge is 0.468 e. The molecule has 2 aromatic carbocycles. The van der Waals surface area contributed by atoms with E-state index in [1.165, 1.54) is 19.2 Å². The van der Waals surface area contributed by atoms with Crippen LogP contribution in [0.3, 0.4) is 0 Å². The van der Waals surface area contributed by atoms with Crippen LogP contribution in [-0.4, -0.2) is 18.8 Å². The van der Waals surface area contributed by atoms with Crippen molar-refractivity contribution in [3.63, 3.8) is 0 Å². The van der Waals surface area contributed by atoms with E-state index in [4.69, 9.17) is 4.74 Å². The van der Waals surface area contributed by atoms with Gasteiger partial charge in [0.1, 0.15) is 11.2 Å². The lowest BCUT2D eigenvalue weighted by atomic mass is 9.91. The number of ether oxygens (including phenoxy) is 1. The summed E-state index contributed by atoms with van der Waals surface area (Å²) in [6.45, 7) is 1.78. The van der Waals surface area contributed by atoms with Crippen LogP contribution in [0.2, 0.25) is 0 Å². The summed E-state index contributed by atoms with van der Waals surface area (Å²) >= 11 is 0. The molecule has 3 nitrogen and oxygen atoms in total. The van der Waals surface area contributed by atoms with Crippen molar-refractivity contribution in [2.75, 3.05) is 7.11 Å². The standard InChI is InChI=1S/C19H16FNO2/c1-13(21-16-10-8-15(20)9-11-16)19(18(22)23-2)12-17(19)14-6-4-3-5-7-14/h3-12H,1-2H3. The summed E-state index contributed by atoms with van der Waals surface area (Å²) in [6.07, 6.45) is 1.86. The minimum absolute atomic E-state index is 0.321. The molecule has 0 heterocycles. The quantitative estimate of drug-likeness (QED) is 0.628. The Balaban J connectivity index is 1.96. The Morgan fingerprint density at radius 1 is 1.09 bits per heavy atom. The third-order valence-corrected chi connectivity index (χ3v) is 3.99. The Labute approximate surface area is 134 Å². The number of hydrogen-bond donors (Lipinski definition) is 0. The maximum atomic E-state index is 13.0. The molecule has 3 rings (SSSR count). The predicted molar refractivity (Wildman–Crippen MR) is 88.0 cm³/mol. The Morgan fingerprint density at radius 2 is 1.74 bits per heavy atom. The molecular weight excluding hydrogens is 293 g/mol. The average Bonchev–Trinajstić information content (AvgIpc) is 3.34. The van der Waals surface area contributed by atoms with Crippen molar-refractivity contribution in [2.45, 2.75) is 6.92 Å². The van der Waals surface area contributed by atoms with Crippen molar-refractivity contribution in [3.05, 3.63) is 72.1 Å². The summed E-state index contributed by atoms with van der Waals surface area (Å²) in [5.74, 6) is -0.682. The highest BCUT2D eigenvalue weighted by Crippen LogP contribution is 2.53. The molecule has 4 heteroatoms. The Hall–Kier alpha value is -2.75. The van der Waals surface area contributed by atoms with Gasteiger partial charge < -0.3 is 4.74 Å². The van der Waals surface area contributed by atoms with Gasteiger partial charge in [0.25, 0.3) is 0 Å². The van der Waals surface area contributed by atoms with Gasteiger partial charge in [0.15, 0.2) is 0 Å². The number of benzene rings is 2. The van der Waals surface area contributed by atoms with Crippen LogP contribution in [0.1, 0.15) is 12.5 Å². The van der Waals surface area contributed by atoms with Crippen LogP contribution in [0.25, 0.3) is 5.57 Å². The molecule has 0 aromatic heterocycles. The zero-order valence-electron chi connectivity index (χ0n) is 12.9. The number of methoxy groups -OCH3 is 1. The van der Waals surface area contributed by atoms with E-state index in [0.29, 0.717) is 11.4 Å². The van der Waals surface area contributed by atoms with Gasteiger partial charge in [-0.2, -0.15) is 0 Å². The monoisotopic (exact) mass is 309 g/mol. The summed E-state index contributed by atoms with van der Waals surface area (Å²) in [7, 11) is 1.37. The number of rotatable bonds is 4. The summed E-state index contributed by atoms with van der Waals surface area (Å²) in [5, 5.41) is 0. The minimum Gasteiger partial charge on any atom is -0.468 e. The number of esters is 1. The van der Waals surface area contributed by atoms with Gasteiger partial charge in [0, 0.05) is 5.71 Å². The third kappa shape index (κ3) is 2.68. The first-order chi connectivity index (χ1) is 11.1. The molecule has 0 aliphatic heterocycles. The summed E-state index contributed by atoms with van der Waals surface area (Å²) in [5.41, 5.74) is 2.12. The first-order valence-electron chi connectivity index (χ1n) is 7.26. The molecule has 0 spiro atoms. The van der Waals surface area contributed by atoms with Crippen molar-refractivity contribution in [3.8, 4) is 0 Å². The zero-order chi connectivity index (χ0) is 16.4. The van der Waals surface area contributed by atoms with E-state index in [0.717, 1.165) is 11.1 Å². The minimum atomic E-state index is -0.926. The van der Waals surface area contributed by atoms with Crippen molar-refractivity contribution >= 4 is 22.9 Å². The van der Waals surface area contributed by atoms with Gasteiger partial charge in [0.2, 0.25) is 0 Å². The Morgan fingerprint density at radius 3 is 2.35 bits per heavy atom. The van der Waals surface area contributed by atoms with Crippen molar-refractivity contribution in [1.82, 2.24) is 0 Å². The smallest absolute Gasteiger partial charge is 0.326 e. The van der Waals surface area contributed by atoms with Crippen LogP contribution in [0.5, 0.6) is 0 Å². The molecule has 0 radical (unpaired) electrons. The lowest BCUT2D eigenvalue weighted by Gasteiger charge is -2.16. The number of aliphatic imine (C=N–C) groups is 1. The molecule has 0 amide bonds. The number of nitrogens with zero attached hydrogens (tertiary/aromatic N) is 1. The van der Waals surface area contributed by atoms with E-state index < -0.39 is 5.41 Å². The highest BCUT2D eigenvalue weighted by Gasteiger charge is 2.55. The van der Waals surface area contributed by atoms with Crippen LogP contribution in [0.15, 0.2) is 65.7 Å². The zero-order valence-corrected chi connectivity index (χ0v) is 12.9. The SMILES string of the molecule is COC(=O)C1(C(C)=Nc2ccc(F)cc2)C=C1c1ccccc1. The molecule has 1 atom stereocenters. The van der Waals surface area contributed by atoms with Gasteiger partial charge in [0.05, 0.1) is 12.8 Å². The summed E-state index contributed by atoms with van der Waals surface area (Å²) in [6, 6.07) is 15.5. The van der Waals surface area contributed by atoms with E-state index in [2.05, 4.69) is 4.99 Å². The second-order valence-electron chi connectivity index (χ2n) is 5.40. The maximum absolute atomic E-state index is 13.0. The molecule has 2 aromatic rings. The summed E-state index contributed by atoms with van der Waals surface area (Å²) < 4.78 is 18.0. The van der Waals surface area contributed by atoms with Crippen molar-refractivity contribution in [2.24, 2.45) is 10.4 Å². The van der Waals surface area contributed by atoms with Gasteiger partial charge in [-0.15, -0.1) is 0 Å². The fraction of sp³-hybridized carbons (Fsp3) is 0.158. The second-order valence-corrected chi connectivity index (χ2v) is 5.40. The van der Waals surface area contributed by atoms with Gasteiger partial charge in [-0.05, 0) is 42.3 Å². The van der Waals surface area contributed by atoms with Gasteiger partial charge in [-0.1, -0.05) is 36.4 Å². The number of hydrogen-bond acceptors (Lipinski definition) is 3. The van der Waals surface area contributed by atoms with Crippen molar-refractivity contribution in [1.29, 1.82) is 0 Å². The topological polar surface area (TPSA) is 38.7 Å². The summed E-state index contributed by atoms with van der Waals surface area (Å²) in [4.78, 5) is 16.8. The highest BCUT2D eigenvalue weighted by molar-refractivity contribution is 6.26. The molecule has 23 heavy (non-hydrogen) atoms. The van der Waals surface area contributed by atoms with Crippen LogP contribution in [-0.2, 0) is 9.53 Å². The lowest BCUT2D eigenvalue weighted by molar-refractivity contribution is -0.143. The predicted octanol–water partition coefficient (Wildman–Crippen LogP) is 4.17. The molecule has 0 bridgehead atoms. The molecule has 0 saturated heterocycles. The number of carbonyl (C=O) groups excluding carboxylic acids is 1. The average molecular weight is 309 g/mol. The number of carbonyl (C=O) groups is 1. The van der Waals surface area contributed by atoms with E-state index in [1.807, 2.05) is 36.4 Å². The van der Waals surface area contributed by atoms with Gasteiger partial charge >= 0.3 is 5.97 Å². The molecule has 0 fully saturated rings. The van der Waals surface area contributed by atoms with Crippen molar-refractivity contribution < 1.29 is 13.9 Å². The number of halogens is 1. The van der Waals surface area contributed by atoms with E-state index in [-0.39, 0.29) is 11.8 Å². The second kappa shape index (κ2) is 5.80. The highest BCUT2D eigenvalue weighted by atomic mass is 19.1. The van der Waals surface area contributed by atoms with E-state index >= 15 is 0 Å². The molecule has 1 unspecified atom stereocenters. The van der Waals surface area contributed by atoms with Crippen LogP contribution in [0, 0.1) is 11.2 Å². The van der Waals surface area contributed by atoms with E-state index in [1.54, 1.807) is 19.1 Å².